The van der Waals surface area contributed by atoms with Gasteiger partial charge in [-0.15, -0.1) is 0 Å². The fraction of sp³-hybridized carbons (Fsp3) is 0.444. The number of aromatic carboxylic acids is 1. The fourth-order valence-corrected chi connectivity index (χ4v) is 1.60. The summed E-state index contributed by atoms with van der Waals surface area (Å²) < 4.78 is 0. The second kappa shape index (κ2) is 3.53. The second-order valence-corrected chi connectivity index (χ2v) is 3.72. The van der Waals surface area contributed by atoms with Crippen LogP contribution in [0.5, 0.6) is 0 Å². The molecule has 0 bridgehead atoms. The van der Waals surface area contributed by atoms with Crippen LogP contribution >= 0.6 is 11.6 Å². The lowest BCUT2D eigenvalue weighted by Gasteiger charge is -2.23. The predicted molar refractivity (Wildman–Crippen MR) is 50.6 cm³/mol. The summed E-state index contributed by atoms with van der Waals surface area (Å²) in [6.45, 7) is 0. The quantitative estimate of drug-likeness (QED) is 0.763. The molecule has 0 atom stereocenters. The smallest absolute Gasteiger partial charge is 0.340 e. The summed E-state index contributed by atoms with van der Waals surface area (Å²) in [6.07, 6.45) is 4.61. The lowest BCUT2D eigenvalue weighted by molar-refractivity contribution is 0.0696. The molecular weight excluding hydrogens is 204 g/mol. The molecule has 1 N–H and O–H groups in total. The molecule has 0 saturated heterocycles. The highest BCUT2D eigenvalue weighted by Gasteiger charge is 2.23. The molecule has 1 aliphatic rings. The first-order valence-electron chi connectivity index (χ1n) is 4.44. The molecule has 0 aromatic carbocycles. The van der Waals surface area contributed by atoms with E-state index in [1.54, 1.807) is 0 Å². The minimum Gasteiger partial charge on any atom is -0.478 e. The first-order chi connectivity index (χ1) is 6.68. The molecule has 0 unspecified atom stereocenters. The van der Waals surface area contributed by atoms with Crippen molar-refractivity contribution in [2.24, 2.45) is 0 Å². The molecular formula is C9H9ClN2O2. The van der Waals surface area contributed by atoms with Crippen molar-refractivity contribution in [2.45, 2.75) is 25.2 Å². The molecule has 0 radical (unpaired) electrons. The third-order valence-corrected chi connectivity index (χ3v) is 2.75. The zero-order valence-corrected chi connectivity index (χ0v) is 8.16. The zero-order valence-electron chi connectivity index (χ0n) is 7.40. The van der Waals surface area contributed by atoms with Crippen LogP contribution in [0.15, 0.2) is 6.20 Å². The largest absolute Gasteiger partial charge is 0.478 e. The maximum Gasteiger partial charge on any atom is 0.340 e. The number of aromatic nitrogens is 2. The van der Waals surface area contributed by atoms with Gasteiger partial charge in [0, 0.05) is 12.1 Å². The molecule has 0 amide bonds. The summed E-state index contributed by atoms with van der Waals surface area (Å²) in [6, 6.07) is 0. The average Bonchev–Trinajstić information content (AvgIpc) is 2.00. The Labute approximate surface area is 85.9 Å². The maximum atomic E-state index is 10.6. The molecule has 0 aliphatic heterocycles. The van der Waals surface area contributed by atoms with Crippen LogP contribution in [0.1, 0.15) is 41.4 Å². The highest BCUT2D eigenvalue weighted by molar-refractivity contribution is 6.32. The Bertz CT molecular complexity index is 377. The van der Waals surface area contributed by atoms with Crippen molar-refractivity contribution >= 4 is 17.6 Å². The van der Waals surface area contributed by atoms with Gasteiger partial charge in [0.1, 0.15) is 16.5 Å². The van der Waals surface area contributed by atoms with Gasteiger partial charge in [0.05, 0.1) is 0 Å². The molecule has 1 aromatic rings. The van der Waals surface area contributed by atoms with Crippen LogP contribution in [-0.2, 0) is 0 Å². The van der Waals surface area contributed by atoms with E-state index in [0.29, 0.717) is 11.7 Å². The fourth-order valence-electron chi connectivity index (χ4n) is 1.38. The summed E-state index contributed by atoms with van der Waals surface area (Å²) in [5, 5.41) is 8.74. The van der Waals surface area contributed by atoms with Crippen LogP contribution < -0.4 is 0 Å². The van der Waals surface area contributed by atoms with Crippen LogP contribution in [0.2, 0.25) is 5.15 Å². The Balaban J connectivity index is 2.30. The maximum absolute atomic E-state index is 10.6. The van der Waals surface area contributed by atoms with Crippen molar-refractivity contribution in [3.8, 4) is 0 Å². The van der Waals surface area contributed by atoms with Gasteiger partial charge < -0.3 is 5.11 Å². The normalized spacial score (nSPS) is 16.4. The Morgan fingerprint density at radius 2 is 2.29 bits per heavy atom. The number of hydrogen-bond acceptors (Lipinski definition) is 3. The van der Waals surface area contributed by atoms with Crippen LogP contribution in [0.4, 0.5) is 0 Å². The van der Waals surface area contributed by atoms with Crippen LogP contribution in [0.3, 0.4) is 0 Å². The van der Waals surface area contributed by atoms with Crippen molar-refractivity contribution in [3.05, 3.63) is 22.7 Å². The highest BCUT2D eigenvalue weighted by atomic mass is 35.5. The van der Waals surface area contributed by atoms with Gasteiger partial charge in [-0.3, -0.25) is 0 Å². The molecule has 1 aliphatic carbocycles. The van der Waals surface area contributed by atoms with Crippen molar-refractivity contribution in [1.29, 1.82) is 0 Å². The summed E-state index contributed by atoms with van der Waals surface area (Å²) in [5.74, 6) is -0.0447. The van der Waals surface area contributed by atoms with Gasteiger partial charge in [0.25, 0.3) is 0 Å². The number of rotatable bonds is 2. The molecule has 0 spiro atoms. The van der Waals surface area contributed by atoms with Crippen molar-refractivity contribution in [1.82, 2.24) is 9.97 Å². The molecule has 14 heavy (non-hydrogen) atoms. The van der Waals surface area contributed by atoms with E-state index >= 15 is 0 Å². The first kappa shape index (κ1) is 9.40. The van der Waals surface area contributed by atoms with Crippen molar-refractivity contribution in [2.75, 3.05) is 0 Å². The van der Waals surface area contributed by atoms with Crippen LogP contribution in [0, 0.1) is 0 Å². The second-order valence-electron chi connectivity index (χ2n) is 3.37. The number of carboxylic acids is 1. The van der Waals surface area contributed by atoms with E-state index in [9.17, 15) is 4.79 Å². The number of hydrogen-bond donors (Lipinski definition) is 1. The van der Waals surface area contributed by atoms with Crippen LogP contribution in [0.25, 0.3) is 0 Å². The minimum absolute atomic E-state index is 0.0326. The summed E-state index contributed by atoms with van der Waals surface area (Å²) in [5.41, 5.74) is -0.0326. The van der Waals surface area contributed by atoms with E-state index in [-0.39, 0.29) is 10.7 Å². The Morgan fingerprint density at radius 3 is 2.71 bits per heavy atom. The molecule has 1 heterocycles. The van der Waals surface area contributed by atoms with Crippen LogP contribution in [-0.4, -0.2) is 21.0 Å². The molecule has 74 valence electrons. The summed E-state index contributed by atoms with van der Waals surface area (Å²) >= 11 is 5.72. The first-order valence-corrected chi connectivity index (χ1v) is 4.82. The standard InChI is InChI=1S/C9H9ClN2O2/c10-7-6(9(13)14)4-11-8(12-7)5-2-1-3-5/h4-5H,1-3H2,(H,13,14). The topological polar surface area (TPSA) is 63.1 Å². The average molecular weight is 213 g/mol. The van der Waals surface area contributed by atoms with Gasteiger partial charge in [-0.2, -0.15) is 0 Å². The third-order valence-electron chi connectivity index (χ3n) is 2.46. The van der Waals surface area contributed by atoms with Gasteiger partial charge in [0.2, 0.25) is 0 Å². The Morgan fingerprint density at radius 1 is 1.57 bits per heavy atom. The summed E-state index contributed by atoms with van der Waals surface area (Å²) in [4.78, 5) is 18.6. The van der Waals surface area contributed by atoms with E-state index in [1.165, 1.54) is 12.6 Å². The van der Waals surface area contributed by atoms with E-state index < -0.39 is 5.97 Å². The SMILES string of the molecule is O=C(O)c1cnc(C2CCC2)nc1Cl. The minimum atomic E-state index is -1.09. The summed E-state index contributed by atoms with van der Waals surface area (Å²) in [7, 11) is 0. The molecule has 1 aromatic heterocycles. The molecule has 5 heteroatoms. The van der Waals surface area contributed by atoms with Gasteiger partial charge in [0.15, 0.2) is 0 Å². The predicted octanol–water partition coefficient (Wildman–Crippen LogP) is 2.10. The highest BCUT2D eigenvalue weighted by Crippen LogP contribution is 2.34. The van der Waals surface area contributed by atoms with Gasteiger partial charge in [-0.1, -0.05) is 18.0 Å². The number of halogens is 1. The molecule has 2 rings (SSSR count). The van der Waals surface area contributed by atoms with Crippen molar-refractivity contribution in [3.63, 3.8) is 0 Å². The monoisotopic (exact) mass is 212 g/mol. The molecule has 4 nitrogen and oxygen atoms in total. The Kier molecular flexibility index (Phi) is 2.37. The molecule has 1 saturated carbocycles. The van der Waals surface area contributed by atoms with Gasteiger partial charge in [-0.05, 0) is 12.8 Å². The van der Waals surface area contributed by atoms with E-state index in [0.717, 1.165) is 12.8 Å². The number of carboxylic acid groups (broad SMARTS) is 1. The Hall–Kier alpha value is -1.16. The lowest BCUT2D eigenvalue weighted by Crippen LogP contribution is -2.14. The van der Waals surface area contributed by atoms with E-state index in [4.69, 9.17) is 16.7 Å². The van der Waals surface area contributed by atoms with Gasteiger partial charge >= 0.3 is 5.97 Å². The van der Waals surface area contributed by atoms with Crippen molar-refractivity contribution < 1.29 is 9.90 Å². The molecule has 1 fully saturated rings. The zero-order chi connectivity index (χ0) is 10.1. The number of carbonyl (C=O) groups is 1. The van der Waals surface area contributed by atoms with Gasteiger partial charge in [-0.25, -0.2) is 14.8 Å². The third kappa shape index (κ3) is 1.57. The van der Waals surface area contributed by atoms with E-state index in [2.05, 4.69) is 9.97 Å². The lowest BCUT2D eigenvalue weighted by atomic mass is 9.85. The van der Waals surface area contributed by atoms with E-state index in [1.807, 2.05) is 0 Å². The number of nitrogens with zero attached hydrogens (tertiary/aromatic N) is 2.